The standard InChI is InChI=1S/C18H22N2/c1-17(2)11-14-15(5-4-6-16(14)20)18(17,3)12-7-9-13(19)10-8-12/h4-10H,11,19-20H2,1-3H3. The summed E-state index contributed by atoms with van der Waals surface area (Å²) in [4.78, 5) is 0. The highest BCUT2D eigenvalue weighted by atomic mass is 14.6. The maximum absolute atomic E-state index is 6.20. The van der Waals surface area contributed by atoms with Crippen molar-refractivity contribution >= 4 is 11.4 Å². The van der Waals surface area contributed by atoms with Crippen LogP contribution in [-0.2, 0) is 11.8 Å². The monoisotopic (exact) mass is 266 g/mol. The summed E-state index contributed by atoms with van der Waals surface area (Å²) < 4.78 is 0. The molecule has 2 aromatic rings. The number of hydrogen-bond acceptors (Lipinski definition) is 2. The molecule has 0 spiro atoms. The Morgan fingerprint density at radius 3 is 2.20 bits per heavy atom. The van der Waals surface area contributed by atoms with Crippen LogP contribution in [-0.4, -0.2) is 0 Å². The summed E-state index contributed by atoms with van der Waals surface area (Å²) in [5.41, 5.74) is 17.8. The van der Waals surface area contributed by atoms with Crippen LogP contribution < -0.4 is 11.5 Å². The molecule has 2 nitrogen and oxygen atoms in total. The summed E-state index contributed by atoms with van der Waals surface area (Å²) in [5.74, 6) is 0. The Bertz CT molecular complexity index is 656. The number of nitrogens with two attached hydrogens (primary N) is 2. The number of nitrogen functional groups attached to an aromatic ring is 2. The second kappa shape index (κ2) is 4.02. The minimum absolute atomic E-state index is 0.0363. The van der Waals surface area contributed by atoms with Gasteiger partial charge in [-0.2, -0.15) is 0 Å². The second-order valence-electron chi connectivity index (χ2n) is 6.68. The van der Waals surface area contributed by atoms with E-state index in [0.717, 1.165) is 17.8 Å². The van der Waals surface area contributed by atoms with E-state index in [-0.39, 0.29) is 10.8 Å². The van der Waals surface area contributed by atoms with Crippen molar-refractivity contribution in [2.45, 2.75) is 32.6 Å². The van der Waals surface area contributed by atoms with E-state index in [0.29, 0.717) is 0 Å². The SMILES string of the molecule is CC1(C)Cc2c(N)cccc2C1(C)c1ccc(N)cc1. The summed E-state index contributed by atoms with van der Waals surface area (Å²) in [5, 5.41) is 0. The predicted octanol–water partition coefficient (Wildman–Crippen LogP) is 3.74. The van der Waals surface area contributed by atoms with Crippen molar-refractivity contribution in [3.63, 3.8) is 0 Å². The van der Waals surface area contributed by atoms with Crippen molar-refractivity contribution < 1.29 is 0 Å². The van der Waals surface area contributed by atoms with Gasteiger partial charge in [-0.15, -0.1) is 0 Å². The Kier molecular flexibility index (Phi) is 2.62. The first-order valence-electron chi connectivity index (χ1n) is 7.10. The van der Waals surface area contributed by atoms with Gasteiger partial charge < -0.3 is 11.5 Å². The molecule has 0 fully saturated rings. The Morgan fingerprint density at radius 1 is 0.900 bits per heavy atom. The number of hydrogen-bond donors (Lipinski definition) is 2. The quantitative estimate of drug-likeness (QED) is 0.773. The lowest BCUT2D eigenvalue weighted by molar-refractivity contribution is 0.247. The summed E-state index contributed by atoms with van der Waals surface area (Å²) >= 11 is 0. The van der Waals surface area contributed by atoms with E-state index < -0.39 is 0 Å². The lowest BCUT2D eigenvalue weighted by Crippen LogP contribution is -2.36. The van der Waals surface area contributed by atoms with E-state index in [1.54, 1.807) is 0 Å². The first-order valence-corrected chi connectivity index (χ1v) is 7.10. The van der Waals surface area contributed by atoms with Crippen molar-refractivity contribution in [2.24, 2.45) is 5.41 Å². The first-order chi connectivity index (χ1) is 9.36. The smallest absolute Gasteiger partial charge is 0.0349 e. The van der Waals surface area contributed by atoms with E-state index in [1.807, 2.05) is 18.2 Å². The van der Waals surface area contributed by atoms with Gasteiger partial charge in [-0.3, -0.25) is 0 Å². The van der Waals surface area contributed by atoms with Crippen LogP contribution in [0.3, 0.4) is 0 Å². The second-order valence-corrected chi connectivity index (χ2v) is 6.68. The molecule has 20 heavy (non-hydrogen) atoms. The fourth-order valence-corrected chi connectivity index (χ4v) is 3.62. The van der Waals surface area contributed by atoms with E-state index >= 15 is 0 Å². The normalized spacial score (nSPS) is 23.6. The lowest BCUT2D eigenvalue weighted by atomic mass is 9.63. The van der Waals surface area contributed by atoms with Gasteiger partial charge in [0.15, 0.2) is 0 Å². The van der Waals surface area contributed by atoms with Crippen LogP contribution in [0, 0.1) is 5.41 Å². The fraction of sp³-hybridized carbons (Fsp3) is 0.333. The van der Waals surface area contributed by atoms with Crippen LogP contribution in [0.25, 0.3) is 0 Å². The van der Waals surface area contributed by atoms with Crippen LogP contribution in [0.5, 0.6) is 0 Å². The van der Waals surface area contributed by atoms with Gasteiger partial charge in [-0.1, -0.05) is 45.0 Å². The molecule has 0 aromatic heterocycles. The molecule has 3 rings (SSSR count). The molecule has 0 saturated carbocycles. The molecule has 0 amide bonds. The van der Waals surface area contributed by atoms with Gasteiger partial charge in [-0.05, 0) is 46.7 Å². The first kappa shape index (κ1) is 13.0. The van der Waals surface area contributed by atoms with Crippen LogP contribution in [0.2, 0.25) is 0 Å². The number of rotatable bonds is 1. The maximum Gasteiger partial charge on any atom is 0.0349 e. The number of benzene rings is 2. The van der Waals surface area contributed by atoms with Gasteiger partial charge in [0.25, 0.3) is 0 Å². The third-order valence-corrected chi connectivity index (χ3v) is 5.21. The molecule has 0 bridgehead atoms. The number of fused-ring (bicyclic) bond motifs is 1. The zero-order chi connectivity index (χ0) is 14.5. The van der Waals surface area contributed by atoms with E-state index in [2.05, 4.69) is 45.0 Å². The molecule has 0 aliphatic heterocycles. The van der Waals surface area contributed by atoms with Crippen molar-refractivity contribution in [3.05, 3.63) is 59.2 Å². The summed E-state index contributed by atoms with van der Waals surface area (Å²) in [6.07, 6.45) is 1.01. The van der Waals surface area contributed by atoms with E-state index in [4.69, 9.17) is 11.5 Å². The molecule has 1 aliphatic rings. The molecule has 4 N–H and O–H groups in total. The molecular weight excluding hydrogens is 244 g/mol. The molecule has 0 heterocycles. The van der Waals surface area contributed by atoms with E-state index in [1.165, 1.54) is 16.7 Å². The molecule has 1 unspecified atom stereocenters. The molecule has 2 heteroatoms. The molecule has 2 aromatic carbocycles. The zero-order valence-corrected chi connectivity index (χ0v) is 12.4. The van der Waals surface area contributed by atoms with Gasteiger partial charge >= 0.3 is 0 Å². The average Bonchev–Trinajstić information content (AvgIpc) is 2.61. The van der Waals surface area contributed by atoms with Crippen LogP contribution >= 0.6 is 0 Å². The summed E-state index contributed by atoms with van der Waals surface area (Å²) in [6.45, 7) is 6.97. The minimum Gasteiger partial charge on any atom is -0.399 e. The van der Waals surface area contributed by atoms with Crippen molar-refractivity contribution in [1.82, 2.24) is 0 Å². The van der Waals surface area contributed by atoms with Crippen LogP contribution in [0.4, 0.5) is 11.4 Å². The van der Waals surface area contributed by atoms with Crippen molar-refractivity contribution in [3.8, 4) is 0 Å². The Hall–Kier alpha value is -1.96. The van der Waals surface area contributed by atoms with Crippen molar-refractivity contribution in [2.75, 3.05) is 11.5 Å². The van der Waals surface area contributed by atoms with E-state index in [9.17, 15) is 0 Å². The highest BCUT2D eigenvalue weighted by molar-refractivity contribution is 5.61. The summed E-state index contributed by atoms with van der Waals surface area (Å²) in [6, 6.07) is 14.6. The third-order valence-electron chi connectivity index (χ3n) is 5.21. The molecule has 1 aliphatic carbocycles. The Morgan fingerprint density at radius 2 is 1.55 bits per heavy atom. The topological polar surface area (TPSA) is 52.0 Å². The molecule has 0 saturated heterocycles. The molecule has 0 radical (unpaired) electrons. The summed E-state index contributed by atoms with van der Waals surface area (Å²) in [7, 11) is 0. The molecular formula is C18H22N2. The van der Waals surface area contributed by atoms with Gasteiger partial charge in [0.2, 0.25) is 0 Å². The predicted molar refractivity (Wildman–Crippen MR) is 85.6 cm³/mol. The third kappa shape index (κ3) is 1.57. The minimum atomic E-state index is -0.0363. The number of anilines is 2. The highest BCUT2D eigenvalue weighted by Crippen LogP contribution is 2.56. The highest BCUT2D eigenvalue weighted by Gasteiger charge is 2.50. The Labute approximate surface area is 120 Å². The zero-order valence-electron chi connectivity index (χ0n) is 12.4. The van der Waals surface area contributed by atoms with Gasteiger partial charge in [0.1, 0.15) is 0 Å². The van der Waals surface area contributed by atoms with Gasteiger partial charge in [0.05, 0.1) is 0 Å². The van der Waals surface area contributed by atoms with Gasteiger partial charge in [-0.25, -0.2) is 0 Å². The largest absolute Gasteiger partial charge is 0.399 e. The van der Waals surface area contributed by atoms with Crippen LogP contribution in [0.15, 0.2) is 42.5 Å². The van der Waals surface area contributed by atoms with Gasteiger partial charge in [0, 0.05) is 16.8 Å². The fourth-order valence-electron chi connectivity index (χ4n) is 3.62. The lowest BCUT2D eigenvalue weighted by Gasteiger charge is -2.40. The maximum atomic E-state index is 6.20. The average molecular weight is 266 g/mol. The van der Waals surface area contributed by atoms with Crippen LogP contribution in [0.1, 0.15) is 37.5 Å². The van der Waals surface area contributed by atoms with Crippen molar-refractivity contribution in [1.29, 1.82) is 0 Å². The molecule has 104 valence electrons. The molecule has 1 atom stereocenters. The Balaban J connectivity index is 2.26.